The van der Waals surface area contributed by atoms with Gasteiger partial charge >= 0.3 is 12.6 Å². The van der Waals surface area contributed by atoms with Gasteiger partial charge in [-0.3, -0.25) is 14.4 Å². The molecule has 2 rings (SSSR count). The van der Waals surface area contributed by atoms with Gasteiger partial charge in [-0.15, -0.1) is 0 Å². The van der Waals surface area contributed by atoms with Gasteiger partial charge in [-0.2, -0.15) is 8.78 Å². The molecule has 0 atom stereocenters. The van der Waals surface area contributed by atoms with Crippen LogP contribution in [0, 0.1) is 0 Å². The Labute approximate surface area is 145 Å². The normalized spacial score (nSPS) is 10.3. The molecule has 0 unspecified atom stereocenters. The van der Waals surface area contributed by atoms with Crippen molar-refractivity contribution in [3.8, 4) is 5.75 Å². The number of esters is 1. The summed E-state index contributed by atoms with van der Waals surface area (Å²) in [7, 11) is 0. The van der Waals surface area contributed by atoms with Crippen LogP contribution in [0.2, 0.25) is 0 Å². The molecule has 0 saturated carbocycles. The SMILES string of the molecule is O=C(COC(=O)CNC(=O)c1cccc(OC(F)F)c1)Nc1ccon1. The molecule has 138 valence electrons. The van der Waals surface area contributed by atoms with Crippen LogP contribution in [-0.4, -0.2) is 42.7 Å². The third kappa shape index (κ3) is 6.19. The summed E-state index contributed by atoms with van der Waals surface area (Å²) in [6.45, 7) is -4.12. The Morgan fingerprint density at radius 3 is 2.73 bits per heavy atom. The summed E-state index contributed by atoms with van der Waals surface area (Å²) in [5, 5.41) is 7.98. The lowest BCUT2D eigenvalue weighted by Crippen LogP contribution is -2.32. The number of rotatable bonds is 8. The van der Waals surface area contributed by atoms with Crippen molar-refractivity contribution in [2.24, 2.45) is 0 Å². The van der Waals surface area contributed by atoms with E-state index in [0.29, 0.717) is 0 Å². The predicted molar refractivity (Wildman–Crippen MR) is 81.5 cm³/mol. The van der Waals surface area contributed by atoms with Crippen LogP contribution in [-0.2, 0) is 14.3 Å². The molecule has 0 fully saturated rings. The molecule has 0 aliphatic heterocycles. The number of hydrogen-bond acceptors (Lipinski definition) is 7. The van der Waals surface area contributed by atoms with E-state index in [-0.39, 0.29) is 17.1 Å². The number of benzene rings is 1. The summed E-state index contributed by atoms with van der Waals surface area (Å²) in [5.41, 5.74) is 0.0136. The van der Waals surface area contributed by atoms with Gasteiger partial charge in [-0.1, -0.05) is 11.2 Å². The standard InChI is InChI=1S/C15H13F2N3O6/c16-15(17)26-10-3-1-2-9(6-10)14(23)18-7-13(22)24-8-12(21)19-11-4-5-25-20-11/h1-6,15H,7-8H2,(H,18,23)(H,19,20,21). The van der Waals surface area contributed by atoms with E-state index in [1.54, 1.807) is 0 Å². The number of ether oxygens (including phenoxy) is 2. The van der Waals surface area contributed by atoms with Crippen LogP contribution in [0.3, 0.4) is 0 Å². The molecule has 0 aliphatic rings. The summed E-state index contributed by atoms with van der Waals surface area (Å²) < 4.78 is 37.7. The van der Waals surface area contributed by atoms with E-state index in [1.165, 1.54) is 30.5 Å². The molecule has 26 heavy (non-hydrogen) atoms. The summed E-state index contributed by atoms with van der Waals surface area (Å²) in [5.74, 6) is -2.25. The highest BCUT2D eigenvalue weighted by atomic mass is 19.3. The maximum absolute atomic E-state index is 12.2. The van der Waals surface area contributed by atoms with Crippen LogP contribution < -0.4 is 15.4 Å². The molecular weight excluding hydrogens is 356 g/mol. The van der Waals surface area contributed by atoms with Gasteiger partial charge in [-0.25, -0.2) is 0 Å². The molecule has 1 heterocycles. The second-order valence-corrected chi connectivity index (χ2v) is 4.68. The fourth-order valence-electron chi connectivity index (χ4n) is 1.72. The van der Waals surface area contributed by atoms with Crippen LogP contribution in [0.25, 0.3) is 0 Å². The minimum atomic E-state index is -3.02. The average Bonchev–Trinajstić information content (AvgIpc) is 3.10. The molecule has 2 N–H and O–H groups in total. The van der Waals surface area contributed by atoms with Gasteiger partial charge in [0.25, 0.3) is 11.8 Å². The van der Waals surface area contributed by atoms with E-state index < -0.39 is 37.5 Å². The van der Waals surface area contributed by atoms with Gasteiger partial charge in [0.05, 0.1) is 0 Å². The number of nitrogens with zero attached hydrogens (tertiary/aromatic N) is 1. The van der Waals surface area contributed by atoms with E-state index in [2.05, 4.69) is 29.8 Å². The van der Waals surface area contributed by atoms with E-state index >= 15 is 0 Å². The first kappa shape index (κ1) is 18.8. The van der Waals surface area contributed by atoms with Crippen LogP contribution in [0.4, 0.5) is 14.6 Å². The lowest BCUT2D eigenvalue weighted by molar-refractivity contribution is -0.146. The quantitative estimate of drug-likeness (QED) is 0.671. The Balaban J connectivity index is 1.74. The summed E-state index contributed by atoms with van der Waals surface area (Å²) in [6, 6.07) is 6.44. The number of alkyl halides is 2. The van der Waals surface area contributed by atoms with Crippen LogP contribution in [0.5, 0.6) is 5.75 Å². The first-order valence-corrected chi connectivity index (χ1v) is 7.13. The predicted octanol–water partition coefficient (Wildman–Crippen LogP) is 1.19. The third-order valence-electron chi connectivity index (χ3n) is 2.78. The summed E-state index contributed by atoms with van der Waals surface area (Å²) >= 11 is 0. The zero-order chi connectivity index (χ0) is 18.9. The number of hydrogen-bond donors (Lipinski definition) is 2. The lowest BCUT2D eigenvalue weighted by atomic mass is 10.2. The molecule has 1 aromatic carbocycles. The van der Waals surface area contributed by atoms with Gasteiger partial charge < -0.3 is 24.6 Å². The number of amides is 2. The molecule has 0 radical (unpaired) electrons. The highest BCUT2D eigenvalue weighted by Gasteiger charge is 2.13. The fourth-order valence-corrected chi connectivity index (χ4v) is 1.72. The van der Waals surface area contributed by atoms with Crippen LogP contribution >= 0.6 is 0 Å². The minimum Gasteiger partial charge on any atom is -0.454 e. The van der Waals surface area contributed by atoms with Crippen LogP contribution in [0.15, 0.2) is 41.1 Å². The van der Waals surface area contributed by atoms with Crippen molar-refractivity contribution in [2.75, 3.05) is 18.5 Å². The number of anilines is 1. The van der Waals surface area contributed by atoms with Crippen molar-refractivity contribution in [3.63, 3.8) is 0 Å². The second kappa shape index (κ2) is 9.11. The van der Waals surface area contributed by atoms with Gasteiger partial charge in [0.1, 0.15) is 18.6 Å². The molecule has 0 saturated heterocycles. The van der Waals surface area contributed by atoms with Crippen molar-refractivity contribution < 1.29 is 37.2 Å². The average molecular weight is 369 g/mol. The molecule has 2 amide bonds. The Morgan fingerprint density at radius 2 is 2.04 bits per heavy atom. The van der Waals surface area contributed by atoms with E-state index in [1.807, 2.05) is 0 Å². The molecule has 0 bridgehead atoms. The van der Waals surface area contributed by atoms with Crippen molar-refractivity contribution in [2.45, 2.75) is 6.61 Å². The largest absolute Gasteiger partial charge is 0.454 e. The van der Waals surface area contributed by atoms with Gasteiger partial charge in [0.15, 0.2) is 12.4 Å². The Bertz CT molecular complexity index is 767. The fraction of sp³-hybridized carbons (Fsp3) is 0.200. The molecule has 0 aliphatic carbocycles. The summed E-state index contributed by atoms with van der Waals surface area (Å²) in [4.78, 5) is 34.9. The lowest BCUT2D eigenvalue weighted by Gasteiger charge is -2.08. The molecule has 9 nitrogen and oxygen atoms in total. The topological polar surface area (TPSA) is 120 Å². The maximum atomic E-state index is 12.2. The highest BCUT2D eigenvalue weighted by molar-refractivity contribution is 5.96. The number of halogens is 2. The first-order valence-electron chi connectivity index (χ1n) is 7.13. The van der Waals surface area contributed by atoms with Gasteiger partial charge in [0.2, 0.25) is 0 Å². The monoisotopic (exact) mass is 369 g/mol. The zero-order valence-electron chi connectivity index (χ0n) is 13.1. The number of carbonyl (C=O) groups is 3. The molecule has 1 aromatic heterocycles. The van der Waals surface area contributed by atoms with Crippen molar-refractivity contribution >= 4 is 23.6 Å². The Kier molecular flexibility index (Phi) is 6.60. The first-order chi connectivity index (χ1) is 12.4. The highest BCUT2D eigenvalue weighted by Crippen LogP contribution is 2.15. The maximum Gasteiger partial charge on any atom is 0.387 e. The molecule has 2 aromatic rings. The Hall–Kier alpha value is -3.50. The Morgan fingerprint density at radius 1 is 1.23 bits per heavy atom. The second-order valence-electron chi connectivity index (χ2n) is 4.68. The van der Waals surface area contributed by atoms with E-state index in [9.17, 15) is 23.2 Å². The van der Waals surface area contributed by atoms with E-state index in [0.717, 1.165) is 6.07 Å². The minimum absolute atomic E-state index is 0.0136. The number of carbonyl (C=O) groups excluding carboxylic acids is 3. The summed E-state index contributed by atoms with van der Waals surface area (Å²) in [6.07, 6.45) is 1.25. The number of nitrogens with one attached hydrogen (secondary N) is 2. The van der Waals surface area contributed by atoms with Gasteiger partial charge in [-0.05, 0) is 18.2 Å². The van der Waals surface area contributed by atoms with Crippen molar-refractivity contribution in [1.29, 1.82) is 0 Å². The zero-order valence-corrected chi connectivity index (χ0v) is 13.1. The number of aromatic nitrogens is 1. The van der Waals surface area contributed by atoms with Gasteiger partial charge in [0, 0.05) is 11.6 Å². The van der Waals surface area contributed by atoms with Crippen molar-refractivity contribution in [3.05, 3.63) is 42.2 Å². The van der Waals surface area contributed by atoms with E-state index in [4.69, 9.17) is 0 Å². The molecular formula is C15H13F2N3O6. The van der Waals surface area contributed by atoms with Crippen LogP contribution in [0.1, 0.15) is 10.4 Å². The van der Waals surface area contributed by atoms with Crippen molar-refractivity contribution in [1.82, 2.24) is 10.5 Å². The third-order valence-corrected chi connectivity index (χ3v) is 2.78. The molecule has 0 spiro atoms. The molecule has 11 heteroatoms. The smallest absolute Gasteiger partial charge is 0.387 e.